The van der Waals surface area contributed by atoms with Crippen molar-refractivity contribution in [3.8, 4) is 0 Å². The van der Waals surface area contributed by atoms with Gasteiger partial charge in [-0.2, -0.15) is 0 Å². The van der Waals surface area contributed by atoms with Crippen LogP contribution in [0.3, 0.4) is 0 Å². The summed E-state index contributed by atoms with van der Waals surface area (Å²) in [5, 5.41) is 48.2. The molecule has 7 fully saturated rings. The molecule has 0 amide bonds. The Balaban J connectivity index is 1.52. The maximum Gasteiger partial charge on any atom is 0.341 e. The highest BCUT2D eigenvalue weighted by molar-refractivity contribution is 6.21. The Morgan fingerprint density at radius 2 is 1.31 bits per heavy atom. The first-order valence-electron chi connectivity index (χ1n) is 17.9. The molecule has 16 heteroatoms. The smallest absolute Gasteiger partial charge is 0.341 e. The molecule has 2 aliphatic heterocycles. The van der Waals surface area contributed by atoms with Crippen molar-refractivity contribution in [1.82, 2.24) is 0 Å². The lowest BCUT2D eigenvalue weighted by Gasteiger charge is -2.69. The Morgan fingerprint density at radius 1 is 0.769 bits per heavy atom. The van der Waals surface area contributed by atoms with E-state index in [-0.39, 0.29) is 12.8 Å². The number of carbonyl (C=O) groups is 5. The van der Waals surface area contributed by atoms with Gasteiger partial charge in [0.25, 0.3) is 0 Å². The molecule has 0 radical (unpaired) electrons. The Bertz CT molecular complexity index is 1620. The molecule has 7 rings (SSSR count). The molecular weight excluding hydrogens is 708 g/mol. The number of hydrogen-bond acceptors (Lipinski definition) is 15. The first-order chi connectivity index (χ1) is 23.9. The van der Waals surface area contributed by atoms with Crippen LogP contribution >= 0.6 is 11.6 Å². The molecule has 290 valence electrons. The van der Waals surface area contributed by atoms with Crippen LogP contribution in [0.2, 0.25) is 0 Å². The molecule has 2 heterocycles. The van der Waals surface area contributed by atoms with E-state index in [1.54, 1.807) is 20.8 Å². The average Bonchev–Trinajstić information content (AvgIpc) is 3.65. The largest absolute Gasteiger partial charge is 0.462 e. The van der Waals surface area contributed by atoms with Crippen LogP contribution in [0.25, 0.3) is 0 Å². The van der Waals surface area contributed by atoms with Gasteiger partial charge in [0.05, 0.1) is 22.5 Å². The zero-order chi connectivity index (χ0) is 38.6. The van der Waals surface area contributed by atoms with Crippen LogP contribution in [0.15, 0.2) is 0 Å². The molecule has 2 saturated heterocycles. The first-order valence-corrected chi connectivity index (χ1v) is 18.4. The molecule has 4 N–H and O–H groups in total. The number of ether oxygens (including phenoxy) is 6. The van der Waals surface area contributed by atoms with E-state index in [0.717, 1.165) is 13.8 Å². The van der Waals surface area contributed by atoms with E-state index < -0.39 is 147 Å². The molecule has 52 heavy (non-hydrogen) atoms. The minimum absolute atomic E-state index is 0.245. The summed E-state index contributed by atoms with van der Waals surface area (Å²) in [5.74, 6) is -10.9. The molecule has 1 spiro atoms. The van der Waals surface area contributed by atoms with Crippen molar-refractivity contribution in [1.29, 1.82) is 0 Å². The summed E-state index contributed by atoms with van der Waals surface area (Å²) in [5.41, 5.74) is -8.79. The van der Waals surface area contributed by atoms with Crippen LogP contribution in [0.5, 0.6) is 0 Å². The van der Waals surface area contributed by atoms with Crippen molar-refractivity contribution in [2.24, 2.45) is 51.8 Å². The van der Waals surface area contributed by atoms with E-state index in [4.69, 9.17) is 40.0 Å². The molecule has 5 saturated carbocycles. The van der Waals surface area contributed by atoms with E-state index in [2.05, 4.69) is 0 Å². The Hall–Kier alpha value is -2.56. The standard InChI is InChI=1S/C36H49ClO15/c1-12-20-23(33(8)34(9,45)30(44)52-36(33)28(12)51-36)25(48-14(3)39)21-19-18(42)11-35(46)10-17(37)24(47-13(2)38)27(43)32(35,7)22(19)26(49-15(4)40)29(31(20,21)6)50-16(5)41/h12,17-29,42-43,45-46H,10-11H2,1-9H3/t12-,17+,18-,19?,20-,21+,22?,23-,24-,25+,26-,27-,28+,29-,31+,32-,33-,34+,35-,36-/m0/s1. The number of alkyl halides is 1. The maximum atomic E-state index is 13.5. The van der Waals surface area contributed by atoms with Gasteiger partial charge >= 0.3 is 29.8 Å². The van der Waals surface area contributed by atoms with Crippen LogP contribution in [-0.2, 0) is 52.4 Å². The Labute approximate surface area is 305 Å². The second-order valence-electron chi connectivity index (χ2n) is 17.3. The summed E-state index contributed by atoms with van der Waals surface area (Å²) < 4.78 is 36.2. The van der Waals surface area contributed by atoms with Gasteiger partial charge in [0.2, 0.25) is 5.79 Å². The third-order valence-corrected chi connectivity index (χ3v) is 15.4. The average molecular weight is 757 g/mol. The van der Waals surface area contributed by atoms with Crippen molar-refractivity contribution in [2.45, 2.75) is 140 Å². The Kier molecular flexibility index (Phi) is 8.17. The van der Waals surface area contributed by atoms with Crippen molar-refractivity contribution in [3.05, 3.63) is 0 Å². The fraction of sp³-hybridized carbons (Fsp3) is 0.861. The highest BCUT2D eigenvalue weighted by Gasteiger charge is 2.93. The summed E-state index contributed by atoms with van der Waals surface area (Å²) in [6.07, 6.45) is -9.76. The number of aliphatic hydroxyl groups is 4. The number of rotatable bonds is 4. The highest BCUT2D eigenvalue weighted by atomic mass is 35.5. The molecule has 0 aromatic heterocycles. The van der Waals surface area contributed by atoms with Gasteiger partial charge in [-0.1, -0.05) is 20.8 Å². The number of halogens is 1. The van der Waals surface area contributed by atoms with E-state index >= 15 is 0 Å². The molecule has 0 aromatic rings. The van der Waals surface area contributed by atoms with Gasteiger partial charge in [-0.25, -0.2) is 4.79 Å². The second-order valence-corrected chi connectivity index (χ2v) is 17.8. The fourth-order valence-electron chi connectivity index (χ4n) is 13.1. The third-order valence-electron chi connectivity index (χ3n) is 15.0. The SMILES string of the molecule is CC(=O)O[C@H]1[C@@H]2[C@H]([C@H](C)[C@H]3O[C@]34OC(=O)[C@@](C)(O)[C@]24C)[C@]2(C)[C@@H]1C1C([C@H](OC(C)=O)[C@@H]2OC(C)=O)[C@@]2(C)[C@@H](O)[C@@H](OC(C)=O)[C@H](Cl)C[C@]2(O)C[C@@H]1O. The molecule has 15 nitrogen and oxygen atoms in total. The summed E-state index contributed by atoms with van der Waals surface area (Å²) in [4.78, 5) is 65.2. The molecular formula is C36H49ClO15. The fourth-order valence-corrected chi connectivity index (χ4v) is 13.5. The second kappa shape index (κ2) is 11.2. The van der Waals surface area contributed by atoms with Crippen LogP contribution in [-0.4, -0.2) is 115 Å². The topological polar surface area (TPSA) is 225 Å². The van der Waals surface area contributed by atoms with Gasteiger partial charge in [0.15, 0.2) is 5.60 Å². The normalized spacial score (nSPS) is 56.6. The Morgan fingerprint density at radius 3 is 1.87 bits per heavy atom. The van der Waals surface area contributed by atoms with E-state index in [0.29, 0.717) is 0 Å². The van der Waals surface area contributed by atoms with Crippen LogP contribution in [0.1, 0.15) is 75.2 Å². The van der Waals surface area contributed by atoms with E-state index in [1.165, 1.54) is 20.8 Å². The van der Waals surface area contributed by atoms with Gasteiger partial charge in [-0.15, -0.1) is 11.6 Å². The van der Waals surface area contributed by atoms with E-state index in [1.807, 2.05) is 6.92 Å². The predicted molar refractivity (Wildman–Crippen MR) is 173 cm³/mol. The summed E-state index contributed by atoms with van der Waals surface area (Å²) in [6.45, 7) is 12.9. The predicted octanol–water partition coefficient (Wildman–Crippen LogP) is 0.761. The number of aliphatic hydroxyl groups excluding tert-OH is 2. The molecule has 0 aromatic carbocycles. The van der Waals surface area contributed by atoms with Crippen LogP contribution in [0.4, 0.5) is 0 Å². The number of epoxide rings is 1. The monoisotopic (exact) mass is 756 g/mol. The van der Waals surface area contributed by atoms with Gasteiger partial charge in [-0.05, 0) is 38.0 Å². The summed E-state index contributed by atoms with van der Waals surface area (Å²) in [6, 6.07) is 0. The van der Waals surface area contributed by atoms with Crippen molar-refractivity contribution in [2.75, 3.05) is 0 Å². The van der Waals surface area contributed by atoms with Crippen molar-refractivity contribution >= 4 is 41.4 Å². The number of carbonyl (C=O) groups excluding carboxylic acids is 5. The number of fused-ring (bicyclic) bond motifs is 8. The van der Waals surface area contributed by atoms with Crippen LogP contribution < -0.4 is 0 Å². The quantitative estimate of drug-likeness (QED) is 0.135. The van der Waals surface area contributed by atoms with Crippen molar-refractivity contribution < 1.29 is 72.8 Å². The number of hydrogen-bond donors (Lipinski definition) is 4. The van der Waals surface area contributed by atoms with Gasteiger partial charge in [0, 0.05) is 62.7 Å². The molecule has 2 unspecified atom stereocenters. The minimum Gasteiger partial charge on any atom is -0.462 e. The zero-order valence-electron chi connectivity index (χ0n) is 30.7. The zero-order valence-corrected chi connectivity index (χ0v) is 31.4. The molecule has 0 bridgehead atoms. The summed E-state index contributed by atoms with van der Waals surface area (Å²) >= 11 is 6.68. The van der Waals surface area contributed by atoms with Crippen molar-refractivity contribution in [3.63, 3.8) is 0 Å². The highest BCUT2D eigenvalue weighted by Crippen LogP contribution is 2.81. The van der Waals surface area contributed by atoms with Gasteiger partial charge in [0.1, 0.15) is 36.6 Å². The van der Waals surface area contributed by atoms with Gasteiger partial charge < -0.3 is 48.8 Å². The lowest BCUT2D eigenvalue weighted by atomic mass is 9.39. The first kappa shape index (κ1) is 37.7. The maximum absolute atomic E-state index is 13.5. The third kappa shape index (κ3) is 4.29. The lowest BCUT2D eigenvalue weighted by Crippen LogP contribution is -2.78. The molecule has 7 aliphatic rings. The van der Waals surface area contributed by atoms with Gasteiger partial charge in [-0.3, -0.25) is 19.2 Å². The van der Waals surface area contributed by atoms with E-state index in [9.17, 15) is 44.4 Å². The minimum atomic E-state index is -2.16. The lowest BCUT2D eigenvalue weighted by molar-refractivity contribution is -0.325. The summed E-state index contributed by atoms with van der Waals surface area (Å²) in [7, 11) is 0. The number of esters is 5. The molecule has 20 atom stereocenters. The molecule has 5 aliphatic carbocycles. The van der Waals surface area contributed by atoms with Crippen LogP contribution in [0, 0.1) is 51.8 Å².